The third kappa shape index (κ3) is 2.08. The van der Waals surface area contributed by atoms with E-state index in [0.29, 0.717) is 0 Å². The molecule has 0 aromatic heterocycles. The highest BCUT2D eigenvalue weighted by atomic mass is 31.1. The highest BCUT2D eigenvalue weighted by Crippen LogP contribution is 2.34. The van der Waals surface area contributed by atoms with Gasteiger partial charge in [0.1, 0.15) is 5.75 Å². The van der Waals surface area contributed by atoms with Crippen molar-refractivity contribution in [3.8, 4) is 17.2 Å². The highest BCUT2D eigenvalue weighted by Gasteiger charge is 2.17. The summed E-state index contributed by atoms with van der Waals surface area (Å²) in [5.74, 6) is -0.670. The first-order valence-corrected chi connectivity index (χ1v) is 4.08. The molecule has 0 spiro atoms. The van der Waals surface area contributed by atoms with Crippen molar-refractivity contribution in [1.82, 2.24) is 0 Å². The maximum atomic E-state index is 10.2. The van der Waals surface area contributed by atoms with E-state index in [2.05, 4.69) is 4.52 Å². The number of phenols is 2. The minimum Gasteiger partial charge on any atom is -0.508 e. The van der Waals surface area contributed by atoms with Crippen molar-refractivity contribution in [3.05, 3.63) is 18.2 Å². The number of phenolic OH excluding ortho intramolecular Hbond substituents is 2. The van der Waals surface area contributed by atoms with Gasteiger partial charge in [-0.25, -0.2) is 4.52 Å². The summed E-state index contributed by atoms with van der Waals surface area (Å²) >= 11 is 0. The number of rotatable bonds is 2. The monoisotopic (exact) mass is 189 g/mol. The van der Waals surface area contributed by atoms with E-state index in [-0.39, 0.29) is 17.2 Å². The molecule has 1 rings (SSSR count). The molecule has 0 fully saturated rings. The van der Waals surface area contributed by atoms with Gasteiger partial charge in [0.2, 0.25) is 5.75 Å². The molecule has 1 aromatic carbocycles. The van der Waals surface area contributed by atoms with E-state index in [0.717, 1.165) is 6.07 Å². The molecule has 0 radical (unpaired) electrons. The average molecular weight is 189 g/mol. The van der Waals surface area contributed by atoms with Crippen LogP contribution < -0.4 is 4.52 Å². The van der Waals surface area contributed by atoms with Crippen LogP contribution in [0, 0.1) is 0 Å². The van der Waals surface area contributed by atoms with Gasteiger partial charge in [0.25, 0.3) is 0 Å². The third-order valence-corrected chi connectivity index (χ3v) is 1.47. The van der Waals surface area contributed by atoms with Crippen LogP contribution in [0.4, 0.5) is 0 Å². The highest BCUT2D eigenvalue weighted by molar-refractivity contribution is 7.32. The predicted octanol–water partition coefficient (Wildman–Crippen LogP) is 1.13. The zero-order valence-corrected chi connectivity index (χ0v) is 6.73. The SMILES string of the molecule is O=[P+](O)Oc1ccc(O)cc1O. The van der Waals surface area contributed by atoms with Gasteiger partial charge in [-0.15, -0.1) is 4.89 Å². The molecular formula is C6H6O5P+. The summed E-state index contributed by atoms with van der Waals surface area (Å²) in [4.78, 5) is 8.31. The molecule has 0 aliphatic heterocycles. The minimum absolute atomic E-state index is 0.142. The molecule has 1 unspecified atom stereocenters. The van der Waals surface area contributed by atoms with Crippen LogP contribution in [-0.4, -0.2) is 15.1 Å². The van der Waals surface area contributed by atoms with E-state index in [4.69, 9.17) is 15.1 Å². The second-order valence-corrected chi connectivity index (χ2v) is 2.64. The van der Waals surface area contributed by atoms with Crippen LogP contribution in [0.2, 0.25) is 0 Å². The lowest BCUT2D eigenvalue weighted by molar-refractivity contribution is 0.386. The van der Waals surface area contributed by atoms with Gasteiger partial charge in [-0.05, 0) is 12.1 Å². The number of aromatic hydroxyl groups is 2. The maximum absolute atomic E-state index is 10.2. The molecule has 0 saturated heterocycles. The first-order chi connectivity index (χ1) is 5.59. The van der Waals surface area contributed by atoms with Gasteiger partial charge in [0.15, 0.2) is 5.75 Å². The van der Waals surface area contributed by atoms with Gasteiger partial charge in [0, 0.05) is 10.6 Å². The van der Waals surface area contributed by atoms with E-state index >= 15 is 0 Å². The quantitative estimate of drug-likeness (QED) is 0.607. The number of hydrogen-bond acceptors (Lipinski definition) is 4. The fourth-order valence-corrected chi connectivity index (χ4v) is 0.990. The summed E-state index contributed by atoms with van der Waals surface area (Å²) in [5.41, 5.74) is 0. The molecule has 0 bridgehead atoms. The zero-order chi connectivity index (χ0) is 9.14. The van der Waals surface area contributed by atoms with Gasteiger partial charge in [-0.2, -0.15) is 0 Å². The van der Waals surface area contributed by atoms with E-state index < -0.39 is 8.25 Å². The maximum Gasteiger partial charge on any atom is 0.747 e. The minimum atomic E-state index is -2.79. The first kappa shape index (κ1) is 8.77. The Bertz CT molecular complexity index is 311. The molecule has 5 nitrogen and oxygen atoms in total. The van der Waals surface area contributed by atoms with Gasteiger partial charge in [0.05, 0.1) is 0 Å². The second-order valence-electron chi connectivity index (χ2n) is 1.98. The van der Waals surface area contributed by atoms with Gasteiger partial charge in [-0.3, -0.25) is 0 Å². The first-order valence-electron chi connectivity index (χ1n) is 2.95. The van der Waals surface area contributed by atoms with Crippen LogP contribution in [0.15, 0.2) is 18.2 Å². The zero-order valence-electron chi connectivity index (χ0n) is 5.84. The van der Waals surface area contributed by atoms with Gasteiger partial charge in [-0.1, -0.05) is 0 Å². The van der Waals surface area contributed by atoms with Gasteiger partial charge >= 0.3 is 8.25 Å². The Labute approximate surface area is 68.8 Å². The number of hydrogen-bond donors (Lipinski definition) is 3. The van der Waals surface area contributed by atoms with Crippen LogP contribution in [0.5, 0.6) is 17.2 Å². The summed E-state index contributed by atoms with van der Waals surface area (Å²) in [7, 11) is -2.79. The molecule has 0 saturated carbocycles. The molecule has 0 aliphatic carbocycles. The van der Waals surface area contributed by atoms with Gasteiger partial charge < -0.3 is 10.2 Å². The van der Waals surface area contributed by atoms with Crippen molar-refractivity contribution in [2.24, 2.45) is 0 Å². The van der Waals surface area contributed by atoms with Crippen LogP contribution in [-0.2, 0) is 4.57 Å². The lowest BCUT2D eigenvalue weighted by atomic mass is 10.3. The van der Waals surface area contributed by atoms with E-state index in [9.17, 15) is 4.57 Å². The summed E-state index contributed by atoms with van der Waals surface area (Å²) in [6, 6.07) is 3.43. The van der Waals surface area contributed by atoms with E-state index in [1.165, 1.54) is 12.1 Å². The smallest absolute Gasteiger partial charge is 0.508 e. The van der Waals surface area contributed by atoms with Crippen LogP contribution >= 0.6 is 8.25 Å². The molecule has 0 amide bonds. The average Bonchev–Trinajstić information content (AvgIpc) is 1.94. The Kier molecular flexibility index (Phi) is 2.47. The van der Waals surface area contributed by atoms with Crippen molar-refractivity contribution < 1.29 is 24.2 Å². The lowest BCUT2D eigenvalue weighted by Crippen LogP contribution is -1.80. The largest absolute Gasteiger partial charge is 0.747 e. The number of benzene rings is 1. The topological polar surface area (TPSA) is 87.0 Å². The molecular weight excluding hydrogens is 183 g/mol. The Balaban J connectivity index is 2.93. The van der Waals surface area contributed by atoms with Crippen molar-refractivity contribution in [2.45, 2.75) is 0 Å². The lowest BCUT2D eigenvalue weighted by Gasteiger charge is -1.96. The molecule has 1 atom stereocenters. The van der Waals surface area contributed by atoms with Crippen molar-refractivity contribution in [2.75, 3.05) is 0 Å². The Hall–Kier alpha value is -1.32. The summed E-state index contributed by atoms with van der Waals surface area (Å²) < 4.78 is 14.5. The summed E-state index contributed by atoms with van der Waals surface area (Å²) in [6.45, 7) is 0. The predicted molar refractivity (Wildman–Crippen MR) is 40.2 cm³/mol. The molecule has 0 aliphatic rings. The molecule has 0 heterocycles. The van der Waals surface area contributed by atoms with Crippen LogP contribution in [0.3, 0.4) is 0 Å². The van der Waals surface area contributed by atoms with Crippen LogP contribution in [0.1, 0.15) is 0 Å². The molecule has 12 heavy (non-hydrogen) atoms. The van der Waals surface area contributed by atoms with Crippen molar-refractivity contribution >= 4 is 8.25 Å². The van der Waals surface area contributed by atoms with E-state index in [1.54, 1.807) is 0 Å². The standard InChI is InChI=1S/C6H5O5P/c7-4-1-2-6(5(8)3-4)11-12(9)10/h1-3H,(H2-,7,8,9,10)/p+1. The molecule has 6 heteroatoms. The second kappa shape index (κ2) is 3.38. The fraction of sp³-hybridized carbons (Fsp3) is 0. The molecule has 64 valence electrons. The molecule has 1 aromatic rings. The summed E-state index contributed by atoms with van der Waals surface area (Å²) in [5, 5.41) is 17.8. The fourth-order valence-electron chi connectivity index (χ4n) is 0.667. The molecule has 3 N–H and O–H groups in total. The Morgan fingerprint density at radius 1 is 1.33 bits per heavy atom. The van der Waals surface area contributed by atoms with Crippen LogP contribution in [0.25, 0.3) is 0 Å². The van der Waals surface area contributed by atoms with E-state index in [1.807, 2.05) is 0 Å². The van der Waals surface area contributed by atoms with Crippen molar-refractivity contribution in [3.63, 3.8) is 0 Å². The third-order valence-electron chi connectivity index (χ3n) is 1.12. The normalized spacial score (nSPS) is 10.9. The Morgan fingerprint density at radius 2 is 2.00 bits per heavy atom. The summed E-state index contributed by atoms with van der Waals surface area (Å²) in [6.07, 6.45) is 0. The Morgan fingerprint density at radius 3 is 2.50 bits per heavy atom. The van der Waals surface area contributed by atoms with Crippen molar-refractivity contribution in [1.29, 1.82) is 0 Å².